The second kappa shape index (κ2) is 9.48. The summed E-state index contributed by atoms with van der Waals surface area (Å²) in [7, 11) is -5.28. The fourth-order valence-electron chi connectivity index (χ4n) is 3.43. The first-order valence-electron chi connectivity index (χ1n) is 9.83. The molecule has 0 saturated carbocycles. The lowest BCUT2D eigenvalue weighted by Gasteiger charge is -2.17. The van der Waals surface area contributed by atoms with Crippen LogP contribution in [0.2, 0.25) is 0 Å². The summed E-state index contributed by atoms with van der Waals surface area (Å²) in [5, 5.41) is 9.21. The Labute approximate surface area is 197 Å². The number of aromatic nitrogens is 2. The fourth-order valence-corrected chi connectivity index (χ4v) is 6.38. The molecule has 0 aliphatic carbocycles. The highest BCUT2D eigenvalue weighted by Crippen LogP contribution is 2.30. The molecule has 1 amide bonds. The maximum Gasteiger partial charge on any atom is 0.250 e. The maximum absolute atomic E-state index is 12.9. The first-order valence-corrected chi connectivity index (χ1v) is 13.7. The van der Waals surface area contributed by atoms with Crippen molar-refractivity contribution in [1.29, 1.82) is 5.26 Å². The van der Waals surface area contributed by atoms with Gasteiger partial charge in [-0.2, -0.15) is 9.98 Å². The number of rotatable bonds is 7. The molecule has 33 heavy (non-hydrogen) atoms. The van der Waals surface area contributed by atoms with Crippen LogP contribution >= 0.6 is 11.3 Å². The summed E-state index contributed by atoms with van der Waals surface area (Å²) in [5.74, 6) is -0.302. The monoisotopic (exact) mass is 501 g/mol. The third-order valence-corrected chi connectivity index (χ3v) is 8.80. The molecule has 1 aliphatic heterocycles. The molecule has 1 fully saturated rings. The lowest BCUT2D eigenvalue weighted by atomic mass is 10.1. The van der Waals surface area contributed by atoms with Gasteiger partial charge in [0.25, 0.3) is 10.0 Å². The van der Waals surface area contributed by atoms with E-state index in [1.807, 2.05) is 6.07 Å². The van der Waals surface area contributed by atoms with Crippen molar-refractivity contribution in [3.8, 4) is 16.6 Å². The predicted octanol–water partition coefficient (Wildman–Crippen LogP) is 1.89. The van der Waals surface area contributed by atoms with Crippen LogP contribution in [0.25, 0.3) is 10.6 Å². The quantitative estimate of drug-likeness (QED) is 0.489. The zero-order valence-corrected chi connectivity index (χ0v) is 19.9. The molecule has 1 aromatic carbocycles. The Kier molecular flexibility index (Phi) is 6.66. The number of nitrogens with one attached hydrogen (secondary N) is 1. The maximum atomic E-state index is 12.9. The van der Waals surface area contributed by atoms with Crippen LogP contribution in [0.3, 0.4) is 0 Å². The van der Waals surface area contributed by atoms with E-state index in [4.69, 9.17) is 5.26 Å². The van der Waals surface area contributed by atoms with Gasteiger partial charge >= 0.3 is 0 Å². The van der Waals surface area contributed by atoms with E-state index in [0.29, 0.717) is 35.6 Å². The zero-order valence-electron chi connectivity index (χ0n) is 17.5. The zero-order chi connectivity index (χ0) is 23.6. The van der Waals surface area contributed by atoms with Gasteiger partial charge in [0.15, 0.2) is 0 Å². The van der Waals surface area contributed by atoms with Crippen molar-refractivity contribution in [2.75, 3.05) is 12.8 Å². The highest BCUT2D eigenvalue weighted by Gasteiger charge is 2.35. The van der Waals surface area contributed by atoms with Gasteiger partial charge in [-0.05, 0) is 42.3 Å². The topological polar surface area (TPSA) is 133 Å². The minimum absolute atomic E-state index is 0.0586. The molecule has 2 atom stereocenters. The van der Waals surface area contributed by atoms with Crippen LogP contribution in [-0.2, 0) is 32.2 Å². The molecule has 170 valence electrons. The number of hydrogen-bond donors (Lipinski definition) is 1. The van der Waals surface area contributed by atoms with Gasteiger partial charge in [-0.3, -0.25) is 9.00 Å². The number of nitriles is 1. The molecule has 3 aromatic rings. The number of amides is 1. The Balaban J connectivity index is 1.46. The van der Waals surface area contributed by atoms with E-state index in [9.17, 15) is 17.4 Å². The molecule has 1 N–H and O–H groups in total. The number of likely N-dealkylation sites (tertiary alicyclic amines) is 1. The lowest BCUT2D eigenvalue weighted by Crippen LogP contribution is -2.41. The average Bonchev–Trinajstić information content (AvgIpc) is 3.43. The molecular weight excluding hydrogens is 482 g/mol. The number of carbonyl (C=O) groups excluding carboxylic acids is 1. The van der Waals surface area contributed by atoms with E-state index in [1.165, 1.54) is 18.5 Å². The number of carbonyl (C=O) groups is 1. The van der Waals surface area contributed by atoms with Crippen molar-refractivity contribution >= 4 is 38.1 Å². The molecule has 0 bridgehead atoms. The molecule has 0 radical (unpaired) electrons. The van der Waals surface area contributed by atoms with E-state index < -0.39 is 26.9 Å². The second-order valence-corrected chi connectivity index (χ2v) is 11.6. The van der Waals surface area contributed by atoms with E-state index in [0.717, 1.165) is 16.9 Å². The summed E-state index contributed by atoms with van der Waals surface area (Å²) in [6, 6.07) is 12.9. The van der Waals surface area contributed by atoms with E-state index in [1.54, 1.807) is 35.2 Å². The van der Waals surface area contributed by atoms with Crippen LogP contribution in [0.15, 0.2) is 58.0 Å². The predicted molar refractivity (Wildman–Crippen MR) is 123 cm³/mol. The van der Waals surface area contributed by atoms with Crippen LogP contribution in [0.5, 0.6) is 0 Å². The van der Waals surface area contributed by atoms with Crippen molar-refractivity contribution in [2.24, 2.45) is 0 Å². The summed E-state index contributed by atoms with van der Waals surface area (Å²) in [6.45, 7) is 0.723. The number of sulfonamides is 1. The van der Waals surface area contributed by atoms with Gasteiger partial charge in [0.1, 0.15) is 10.3 Å². The van der Waals surface area contributed by atoms with E-state index in [2.05, 4.69) is 20.8 Å². The van der Waals surface area contributed by atoms with Crippen LogP contribution in [-0.4, -0.2) is 52.2 Å². The third-order valence-electron chi connectivity index (χ3n) is 5.01. The van der Waals surface area contributed by atoms with Crippen LogP contribution in [0.4, 0.5) is 0 Å². The van der Waals surface area contributed by atoms with Gasteiger partial charge < -0.3 is 4.90 Å². The van der Waals surface area contributed by atoms with Crippen LogP contribution in [0, 0.1) is 11.3 Å². The van der Waals surface area contributed by atoms with Gasteiger partial charge in [0, 0.05) is 25.5 Å². The first kappa shape index (κ1) is 23.2. The normalized spacial score (nSPS) is 17.2. The Morgan fingerprint density at radius 1 is 1.30 bits per heavy atom. The number of hydrogen-bond acceptors (Lipinski definition) is 8. The molecular formula is C21H19N5O4S3. The standard InChI is InChI=1S/C21H19N5O4S3/c1-32(28)21-23-9-7-16(24-21)18-5-6-19(31-18)33(29,30)25-17-8-10-26(20(17)27)13-15-4-2-3-14(11-15)12-22/h2-7,9,11,17,25H,8,10,13H2,1H3/t17-,32?/m0/s1. The van der Waals surface area contributed by atoms with Gasteiger partial charge in [-0.1, -0.05) is 12.1 Å². The Hall–Kier alpha value is -2.98. The molecule has 0 spiro atoms. The number of thiophene rings is 1. The molecule has 3 heterocycles. The van der Waals surface area contributed by atoms with Gasteiger partial charge in [0.2, 0.25) is 11.1 Å². The molecule has 1 aliphatic rings. The van der Waals surface area contributed by atoms with Crippen molar-refractivity contribution in [2.45, 2.75) is 28.4 Å². The van der Waals surface area contributed by atoms with Crippen LogP contribution in [0.1, 0.15) is 17.5 Å². The first-order chi connectivity index (χ1) is 15.8. The van der Waals surface area contributed by atoms with Gasteiger partial charge in [0.05, 0.1) is 33.0 Å². The average molecular weight is 502 g/mol. The largest absolute Gasteiger partial charge is 0.337 e. The van der Waals surface area contributed by atoms with E-state index in [-0.39, 0.29) is 15.3 Å². The Morgan fingerprint density at radius 3 is 2.88 bits per heavy atom. The Morgan fingerprint density at radius 2 is 2.12 bits per heavy atom. The van der Waals surface area contributed by atoms with Crippen LogP contribution < -0.4 is 4.72 Å². The number of benzene rings is 1. The third kappa shape index (κ3) is 5.17. The molecule has 12 heteroatoms. The van der Waals surface area contributed by atoms with Crippen molar-refractivity contribution in [1.82, 2.24) is 19.6 Å². The van der Waals surface area contributed by atoms with Gasteiger partial charge in [-0.25, -0.2) is 18.4 Å². The minimum Gasteiger partial charge on any atom is -0.337 e. The number of nitrogens with zero attached hydrogens (tertiary/aromatic N) is 4. The SMILES string of the molecule is CS(=O)c1nccc(-c2ccc(S(=O)(=O)N[C@H]3CCN(Cc4cccc(C#N)c4)C3=O)s2)n1. The smallest absolute Gasteiger partial charge is 0.250 e. The molecule has 1 unspecified atom stereocenters. The molecule has 2 aromatic heterocycles. The minimum atomic E-state index is -3.92. The Bertz CT molecular complexity index is 1380. The molecule has 9 nitrogen and oxygen atoms in total. The summed E-state index contributed by atoms with van der Waals surface area (Å²) in [4.78, 5) is 23.1. The van der Waals surface area contributed by atoms with Crippen molar-refractivity contribution < 1.29 is 17.4 Å². The van der Waals surface area contributed by atoms with Crippen molar-refractivity contribution in [3.63, 3.8) is 0 Å². The summed E-state index contributed by atoms with van der Waals surface area (Å²) >= 11 is 1.01. The second-order valence-electron chi connectivity index (χ2n) is 7.33. The summed E-state index contributed by atoms with van der Waals surface area (Å²) < 4.78 is 40.0. The van der Waals surface area contributed by atoms with E-state index >= 15 is 0 Å². The highest BCUT2D eigenvalue weighted by atomic mass is 32.2. The summed E-state index contributed by atoms with van der Waals surface area (Å²) in [6.07, 6.45) is 3.30. The molecule has 1 saturated heterocycles. The molecule has 4 rings (SSSR count). The van der Waals surface area contributed by atoms with Gasteiger partial charge in [-0.15, -0.1) is 11.3 Å². The fraction of sp³-hybridized carbons (Fsp3) is 0.238. The summed E-state index contributed by atoms with van der Waals surface area (Å²) in [5.41, 5.74) is 1.79. The highest BCUT2D eigenvalue weighted by molar-refractivity contribution is 7.91. The lowest BCUT2D eigenvalue weighted by molar-refractivity contribution is -0.129. The van der Waals surface area contributed by atoms with Crippen molar-refractivity contribution in [3.05, 3.63) is 59.8 Å².